The van der Waals surface area contributed by atoms with Gasteiger partial charge in [0.25, 0.3) is 0 Å². The van der Waals surface area contributed by atoms with Gasteiger partial charge in [-0.2, -0.15) is 0 Å². The summed E-state index contributed by atoms with van der Waals surface area (Å²) in [7, 11) is 0. The predicted molar refractivity (Wildman–Crippen MR) is 47.3 cm³/mol. The molecule has 0 aromatic rings. The van der Waals surface area contributed by atoms with Crippen molar-refractivity contribution in [3.63, 3.8) is 0 Å². The van der Waals surface area contributed by atoms with Crippen molar-refractivity contribution in [3.05, 3.63) is 48.1 Å². The van der Waals surface area contributed by atoms with Gasteiger partial charge in [0.15, 0.2) is 0 Å². The zero-order chi connectivity index (χ0) is 7.07. The smallest absolute Gasteiger partial charge is 0.00754 e. The Morgan fingerprint density at radius 1 is 0.800 bits per heavy atom. The van der Waals surface area contributed by atoms with Crippen molar-refractivity contribution in [2.45, 2.75) is 0 Å². The molecule has 2 heteroatoms. The Balaban J connectivity index is 2.53. The van der Waals surface area contributed by atoms with Gasteiger partial charge in [-0.15, -0.1) is 0 Å². The lowest BCUT2D eigenvalue weighted by Gasteiger charge is -1.90. The van der Waals surface area contributed by atoms with E-state index >= 15 is 0 Å². The Hall–Kier alpha value is -0.890. The summed E-state index contributed by atoms with van der Waals surface area (Å²) in [4.78, 5) is 0. The highest BCUT2D eigenvalue weighted by atomic mass is 32.2. The lowest BCUT2D eigenvalue weighted by Crippen LogP contribution is -1.85. The second-order valence-electron chi connectivity index (χ2n) is 1.69. The molecule has 52 valence electrons. The quantitative estimate of drug-likeness (QED) is 0.533. The number of allylic oxidation sites excluding steroid dienone is 6. The zero-order valence-corrected chi connectivity index (χ0v) is 6.34. The molecular formula is C8H9NS. The van der Waals surface area contributed by atoms with E-state index in [9.17, 15) is 0 Å². The molecule has 0 fully saturated rings. The molecule has 0 bridgehead atoms. The lowest BCUT2D eigenvalue weighted by molar-refractivity contribution is 1.43. The molecule has 0 unspecified atom stereocenters. The second-order valence-corrected chi connectivity index (χ2v) is 2.44. The molecule has 0 spiro atoms. The van der Waals surface area contributed by atoms with Crippen LogP contribution >= 0.6 is 11.9 Å². The molecule has 0 amide bonds. The first-order chi connectivity index (χ1) is 5.00. The molecule has 1 aliphatic heterocycles. The minimum Gasteiger partial charge on any atom is -0.333 e. The molecule has 1 nitrogen and oxygen atoms in total. The van der Waals surface area contributed by atoms with Crippen LogP contribution in [-0.2, 0) is 0 Å². The highest BCUT2D eigenvalue weighted by molar-refractivity contribution is 8.00. The van der Waals surface area contributed by atoms with Gasteiger partial charge in [-0.05, 0) is 23.4 Å². The van der Waals surface area contributed by atoms with E-state index in [0.29, 0.717) is 0 Å². The molecule has 0 saturated heterocycles. The number of hydrogen-bond donors (Lipinski definition) is 1. The largest absolute Gasteiger partial charge is 0.333 e. The van der Waals surface area contributed by atoms with Crippen LogP contribution in [0, 0.1) is 0 Å². The van der Waals surface area contributed by atoms with E-state index in [-0.39, 0.29) is 0 Å². The van der Waals surface area contributed by atoms with E-state index in [1.807, 2.05) is 48.1 Å². The average Bonchev–Trinajstić information content (AvgIpc) is 2.01. The lowest BCUT2D eigenvalue weighted by atomic mass is 10.4. The average molecular weight is 151 g/mol. The van der Waals surface area contributed by atoms with Crippen molar-refractivity contribution in [1.29, 1.82) is 0 Å². The Morgan fingerprint density at radius 2 is 1.50 bits per heavy atom. The van der Waals surface area contributed by atoms with Crippen molar-refractivity contribution in [3.8, 4) is 0 Å². The Morgan fingerprint density at radius 3 is 2.40 bits per heavy atom. The molecule has 1 aliphatic rings. The molecule has 1 heterocycles. The third kappa shape index (κ3) is 3.20. The first-order valence-electron chi connectivity index (χ1n) is 3.06. The maximum atomic E-state index is 3.02. The van der Waals surface area contributed by atoms with Crippen molar-refractivity contribution in [1.82, 2.24) is 4.72 Å². The third-order valence-electron chi connectivity index (χ3n) is 0.934. The normalized spacial score (nSPS) is 16.8. The fraction of sp³-hybridized carbons (Fsp3) is 0. The van der Waals surface area contributed by atoms with E-state index in [1.165, 1.54) is 0 Å². The van der Waals surface area contributed by atoms with Crippen molar-refractivity contribution < 1.29 is 0 Å². The molecule has 0 aromatic carbocycles. The van der Waals surface area contributed by atoms with Gasteiger partial charge in [-0.3, -0.25) is 0 Å². The van der Waals surface area contributed by atoms with Crippen LogP contribution in [0.5, 0.6) is 0 Å². The maximum absolute atomic E-state index is 3.02. The Labute approximate surface area is 65.3 Å². The minimum absolute atomic E-state index is 1.55. The van der Waals surface area contributed by atoms with Crippen LogP contribution in [0.15, 0.2) is 48.1 Å². The molecule has 1 N–H and O–H groups in total. The van der Waals surface area contributed by atoms with E-state index in [0.717, 1.165) is 0 Å². The summed E-state index contributed by atoms with van der Waals surface area (Å²) in [6.07, 6.45) is 13.8. The SMILES string of the molecule is C1=CC=CNSC=CC=C1. The van der Waals surface area contributed by atoms with Gasteiger partial charge < -0.3 is 4.72 Å². The summed E-state index contributed by atoms with van der Waals surface area (Å²) in [6.45, 7) is 0. The first kappa shape index (κ1) is 7.22. The molecule has 0 radical (unpaired) electrons. The molecule has 10 heavy (non-hydrogen) atoms. The van der Waals surface area contributed by atoms with Crippen LogP contribution in [0.2, 0.25) is 0 Å². The predicted octanol–water partition coefficient (Wildman–Crippen LogP) is 2.38. The van der Waals surface area contributed by atoms with Gasteiger partial charge >= 0.3 is 0 Å². The molecular weight excluding hydrogens is 142 g/mol. The Kier molecular flexibility index (Phi) is 3.57. The highest BCUT2D eigenvalue weighted by Gasteiger charge is 1.72. The molecule has 0 saturated carbocycles. The van der Waals surface area contributed by atoms with Gasteiger partial charge in [-0.25, -0.2) is 0 Å². The highest BCUT2D eigenvalue weighted by Crippen LogP contribution is 1.96. The summed E-state index contributed by atoms with van der Waals surface area (Å²) in [5.41, 5.74) is 0. The van der Waals surface area contributed by atoms with E-state index in [2.05, 4.69) is 4.72 Å². The fourth-order valence-electron chi connectivity index (χ4n) is 0.515. The second kappa shape index (κ2) is 4.94. The van der Waals surface area contributed by atoms with E-state index < -0.39 is 0 Å². The molecule has 1 rings (SSSR count). The van der Waals surface area contributed by atoms with Crippen molar-refractivity contribution in [2.24, 2.45) is 0 Å². The van der Waals surface area contributed by atoms with E-state index in [4.69, 9.17) is 0 Å². The number of hydrogen-bond acceptors (Lipinski definition) is 2. The fourth-order valence-corrected chi connectivity index (χ4v) is 0.920. The standard InChI is InChI=1S/C8H9NS/c1-2-4-6-8-10-9-7-5-3-1/h1-9H. The maximum Gasteiger partial charge on any atom is 0.00754 e. The van der Waals surface area contributed by atoms with Gasteiger partial charge in [0.2, 0.25) is 0 Å². The summed E-state index contributed by atoms with van der Waals surface area (Å²) in [5, 5.41) is 1.99. The summed E-state index contributed by atoms with van der Waals surface area (Å²) in [5.74, 6) is 0. The van der Waals surface area contributed by atoms with Crippen LogP contribution in [0.3, 0.4) is 0 Å². The van der Waals surface area contributed by atoms with Gasteiger partial charge in [0, 0.05) is 6.20 Å². The molecule has 0 atom stereocenters. The minimum atomic E-state index is 1.55. The van der Waals surface area contributed by atoms with Gasteiger partial charge in [0.05, 0.1) is 0 Å². The van der Waals surface area contributed by atoms with Crippen LogP contribution in [0.4, 0.5) is 0 Å². The van der Waals surface area contributed by atoms with E-state index in [1.54, 1.807) is 11.9 Å². The molecule has 0 aromatic heterocycles. The Bertz CT molecular complexity index is 167. The van der Waals surface area contributed by atoms with Crippen LogP contribution in [0.1, 0.15) is 0 Å². The van der Waals surface area contributed by atoms with Crippen LogP contribution in [-0.4, -0.2) is 0 Å². The first-order valence-corrected chi connectivity index (χ1v) is 3.94. The zero-order valence-electron chi connectivity index (χ0n) is 5.53. The number of rotatable bonds is 0. The van der Waals surface area contributed by atoms with Gasteiger partial charge in [-0.1, -0.05) is 30.4 Å². The molecule has 0 aliphatic carbocycles. The topological polar surface area (TPSA) is 12.0 Å². The summed E-state index contributed by atoms with van der Waals surface area (Å²) >= 11 is 1.55. The van der Waals surface area contributed by atoms with Crippen LogP contribution in [0.25, 0.3) is 0 Å². The van der Waals surface area contributed by atoms with Crippen molar-refractivity contribution >= 4 is 11.9 Å². The van der Waals surface area contributed by atoms with Gasteiger partial charge in [0.1, 0.15) is 0 Å². The van der Waals surface area contributed by atoms with Crippen molar-refractivity contribution in [2.75, 3.05) is 0 Å². The third-order valence-corrected chi connectivity index (χ3v) is 1.50. The summed E-state index contributed by atoms with van der Waals surface area (Å²) < 4.78 is 3.02. The van der Waals surface area contributed by atoms with Crippen LogP contribution < -0.4 is 4.72 Å². The summed E-state index contributed by atoms with van der Waals surface area (Å²) in [6, 6.07) is 0. The monoisotopic (exact) mass is 151 g/mol. The number of nitrogens with one attached hydrogen (secondary N) is 1.